The number of carbonyl (C=O) groups excluding carboxylic acids is 1. The molecule has 0 aliphatic heterocycles. The van der Waals surface area contributed by atoms with Crippen molar-refractivity contribution in [2.24, 2.45) is 5.84 Å². The molecular weight excluding hydrogens is 292 g/mol. The Bertz CT molecular complexity index is 624. The molecule has 5 heteroatoms. The van der Waals surface area contributed by atoms with E-state index in [4.69, 9.17) is 15.3 Å². The minimum atomic E-state index is -0.282. The highest BCUT2D eigenvalue weighted by molar-refractivity contribution is 6.05. The van der Waals surface area contributed by atoms with Crippen LogP contribution in [-0.2, 0) is 0 Å². The van der Waals surface area contributed by atoms with Crippen molar-refractivity contribution in [1.82, 2.24) is 0 Å². The zero-order valence-electron chi connectivity index (χ0n) is 13.5. The number of anilines is 1. The van der Waals surface area contributed by atoms with Crippen molar-refractivity contribution < 1.29 is 14.3 Å². The molecule has 0 bridgehead atoms. The molecule has 1 amide bonds. The van der Waals surface area contributed by atoms with E-state index in [9.17, 15) is 4.79 Å². The first-order chi connectivity index (χ1) is 11.2. The van der Waals surface area contributed by atoms with Gasteiger partial charge in [-0.05, 0) is 55.0 Å². The number of methoxy groups -OCH3 is 1. The Morgan fingerprint density at radius 3 is 2.22 bits per heavy atom. The number of unbranched alkanes of at least 4 members (excludes halogenated alkanes) is 1. The maximum atomic E-state index is 12.4. The Morgan fingerprint density at radius 2 is 1.65 bits per heavy atom. The number of carbonyl (C=O) groups is 1. The molecule has 2 N–H and O–H groups in total. The standard InChI is InChI=1S/C18H22N2O3/c1-3-4-13-23-17-9-5-14(6-10-17)18(21)20(19)15-7-11-16(22-2)12-8-15/h5-12H,3-4,13,19H2,1-2H3. The lowest BCUT2D eigenvalue weighted by atomic mass is 10.2. The Balaban J connectivity index is 2.03. The van der Waals surface area contributed by atoms with Gasteiger partial charge in [0.15, 0.2) is 0 Å². The van der Waals surface area contributed by atoms with Crippen LogP contribution in [0.15, 0.2) is 48.5 Å². The Hall–Kier alpha value is -2.53. The van der Waals surface area contributed by atoms with Gasteiger partial charge in [0.25, 0.3) is 5.91 Å². The number of rotatable bonds is 7. The second kappa shape index (κ2) is 8.19. The second-order valence-corrected chi connectivity index (χ2v) is 5.10. The molecule has 0 aliphatic rings. The van der Waals surface area contributed by atoms with Crippen LogP contribution in [0.2, 0.25) is 0 Å². The number of nitrogens with two attached hydrogens (primary N) is 1. The molecule has 2 aromatic rings. The molecule has 122 valence electrons. The zero-order valence-corrected chi connectivity index (χ0v) is 13.5. The third kappa shape index (κ3) is 4.47. The van der Waals surface area contributed by atoms with Crippen LogP contribution in [0.25, 0.3) is 0 Å². The van der Waals surface area contributed by atoms with E-state index >= 15 is 0 Å². The summed E-state index contributed by atoms with van der Waals surface area (Å²) in [5.41, 5.74) is 1.10. The summed E-state index contributed by atoms with van der Waals surface area (Å²) < 4.78 is 10.7. The molecule has 0 aliphatic carbocycles. The monoisotopic (exact) mass is 314 g/mol. The van der Waals surface area contributed by atoms with E-state index in [2.05, 4.69) is 6.92 Å². The molecule has 0 spiro atoms. The summed E-state index contributed by atoms with van der Waals surface area (Å²) in [6.07, 6.45) is 2.09. The molecule has 0 unspecified atom stereocenters. The molecule has 0 saturated heterocycles. The minimum Gasteiger partial charge on any atom is -0.497 e. The predicted octanol–water partition coefficient (Wildman–Crippen LogP) is 3.39. The molecule has 23 heavy (non-hydrogen) atoms. The van der Waals surface area contributed by atoms with Gasteiger partial charge in [0.1, 0.15) is 11.5 Å². The van der Waals surface area contributed by atoms with Crippen LogP contribution in [-0.4, -0.2) is 19.6 Å². The summed E-state index contributed by atoms with van der Waals surface area (Å²) in [4.78, 5) is 12.4. The Morgan fingerprint density at radius 1 is 1.04 bits per heavy atom. The smallest absolute Gasteiger partial charge is 0.272 e. The fourth-order valence-electron chi connectivity index (χ4n) is 2.03. The van der Waals surface area contributed by atoms with Gasteiger partial charge in [-0.15, -0.1) is 0 Å². The molecular formula is C18H22N2O3. The van der Waals surface area contributed by atoms with Crippen LogP contribution in [0.1, 0.15) is 30.1 Å². The van der Waals surface area contributed by atoms with Crippen LogP contribution in [0, 0.1) is 0 Å². The zero-order chi connectivity index (χ0) is 16.7. The third-order valence-electron chi connectivity index (χ3n) is 3.44. The van der Waals surface area contributed by atoms with Gasteiger partial charge in [0, 0.05) is 5.56 Å². The van der Waals surface area contributed by atoms with E-state index in [-0.39, 0.29) is 5.91 Å². The molecule has 0 heterocycles. The minimum absolute atomic E-state index is 0.282. The highest BCUT2D eigenvalue weighted by atomic mass is 16.5. The number of ether oxygens (including phenoxy) is 2. The van der Waals surface area contributed by atoms with Crippen molar-refractivity contribution in [2.75, 3.05) is 18.7 Å². The van der Waals surface area contributed by atoms with Crippen molar-refractivity contribution in [3.05, 3.63) is 54.1 Å². The molecule has 2 aromatic carbocycles. The summed E-state index contributed by atoms with van der Waals surface area (Å²) >= 11 is 0. The van der Waals surface area contributed by atoms with Crippen LogP contribution in [0.4, 0.5) is 5.69 Å². The summed E-state index contributed by atoms with van der Waals surface area (Å²) in [6, 6.07) is 14.0. The van der Waals surface area contributed by atoms with Crippen molar-refractivity contribution in [2.45, 2.75) is 19.8 Å². The lowest BCUT2D eigenvalue weighted by Crippen LogP contribution is -2.37. The van der Waals surface area contributed by atoms with E-state index in [0.717, 1.165) is 23.6 Å². The molecule has 0 saturated carbocycles. The molecule has 0 aromatic heterocycles. The number of amides is 1. The van der Waals surface area contributed by atoms with Gasteiger partial charge in [-0.25, -0.2) is 10.9 Å². The fraction of sp³-hybridized carbons (Fsp3) is 0.278. The molecule has 0 atom stereocenters. The highest BCUT2D eigenvalue weighted by Gasteiger charge is 2.14. The highest BCUT2D eigenvalue weighted by Crippen LogP contribution is 2.20. The summed E-state index contributed by atoms with van der Waals surface area (Å²) in [5, 5.41) is 1.12. The number of hydrogen-bond acceptors (Lipinski definition) is 4. The first-order valence-electron chi connectivity index (χ1n) is 7.61. The number of nitrogens with zero attached hydrogens (tertiary/aromatic N) is 1. The largest absolute Gasteiger partial charge is 0.497 e. The van der Waals surface area contributed by atoms with Gasteiger partial charge >= 0.3 is 0 Å². The summed E-state index contributed by atoms with van der Waals surface area (Å²) in [6.45, 7) is 2.79. The molecule has 5 nitrogen and oxygen atoms in total. The van der Waals surface area contributed by atoms with Crippen molar-refractivity contribution in [1.29, 1.82) is 0 Å². The van der Waals surface area contributed by atoms with Gasteiger partial charge in [0.2, 0.25) is 0 Å². The normalized spacial score (nSPS) is 10.2. The number of hydrogen-bond donors (Lipinski definition) is 1. The van der Waals surface area contributed by atoms with E-state index in [1.165, 1.54) is 0 Å². The topological polar surface area (TPSA) is 64.8 Å². The van der Waals surface area contributed by atoms with Crippen LogP contribution >= 0.6 is 0 Å². The van der Waals surface area contributed by atoms with Crippen molar-refractivity contribution in [3.8, 4) is 11.5 Å². The number of hydrazine groups is 1. The second-order valence-electron chi connectivity index (χ2n) is 5.10. The van der Waals surface area contributed by atoms with E-state index in [1.807, 2.05) is 0 Å². The van der Waals surface area contributed by atoms with Gasteiger partial charge < -0.3 is 9.47 Å². The van der Waals surface area contributed by atoms with Gasteiger partial charge in [-0.2, -0.15) is 0 Å². The van der Waals surface area contributed by atoms with Crippen molar-refractivity contribution >= 4 is 11.6 Å². The maximum absolute atomic E-state index is 12.4. The Labute approximate surface area is 136 Å². The van der Waals surface area contributed by atoms with Crippen molar-refractivity contribution in [3.63, 3.8) is 0 Å². The van der Waals surface area contributed by atoms with Crippen LogP contribution < -0.4 is 20.3 Å². The first-order valence-corrected chi connectivity index (χ1v) is 7.61. The summed E-state index contributed by atoms with van der Waals surface area (Å²) in [7, 11) is 1.59. The van der Waals surface area contributed by atoms with E-state index < -0.39 is 0 Å². The maximum Gasteiger partial charge on any atom is 0.272 e. The average molecular weight is 314 g/mol. The molecule has 0 radical (unpaired) electrons. The third-order valence-corrected chi connectivity index (χ3v) is 3.44. The van der Waals surface area contributed by atoms with Crippen LogP contribution in [0.5, 0.6) is 11.5 Å². The lowest BCUT2D eigenvalue weighted by Gasteiger charge is -2.17. The average Bonchev–Trinajstić information content (AvgIpc) is 2.61. The number of benzene rings is 2. The first kappa shape index (κ1) is 16.8. The summed E-state index contributed by atoms with van der Waals surface area (Å²) in [5.74, 6) is 7.09. The fourth-order valence-corrected chi connectivity index (χ4v) is 2.03. The molecule has 0 fully saturated rings. The predicted molar refractivity (Wildman–Crippen MR) is 90.8 cm³/mol. The van der Waals surface area contributed by atoms with E-state index in [0.29, 0.717) is 23.6 Å². The van der Waals surface area contributed by atoms with E-state index in [1.54, 1.807) is 55.6 Å². The quantitative estimate of drug-likeness (QED) is 0.368. The van der Waals surface area contributed by atoms with Crippen LogP contribution in [0.3, 0.4) is 0 Å². The SMILES string of the molecule is CCCCOc1ccc(C(=O)N(N)c2ccc(OC)cc2)cc1. The van der Waals surface area contributed by atoms with Gasteiger partial charge in [-0.1, -0.05) is 13.3 Å². The Kier molecular flexibility index (Phi) is 6.00. The van der Waals surface area contributed by atoms with Gasteiger partial charge in [-0.3, -0.25) is 4.79 Å². The molecule has 2 rings (SSSR count). The van der Waals surface area contributed by atoms with Gasteiger partial charge in [0.05, 0.1) is 19.4 Å². The lowest BCUT2D eigenvalue weighted by molar-refractivity contribution is 0.0987.